The molecule has 1 atom stereocenters. The fraction of sp³-hybridized carbons (Fsp3) is 0.600. The topological polar surface area (TPSA) is 26.0 Å². The molecule has 0 radical (unpaired) electrons. The molecule has 94 valence electrons. The molecule has 2 heteroatoms. The van der Waals surface area contributed by atoms with Crippen molar-refractivity contribution < 1.29 is 4.39 Å². The van der Waals surface area contributed by atoms with Crippen molar-refractivity contribution in [3.63, 3.8) is 0 Å². The Kier molecular flexibility index (Phi) is 3.82. The SMILES string of the molecule is Cc1ccccc1C(F)C1(CN)CCCCC1. The molecule has 0 amide bonds. The van der Waals surface area contributed by atoms with Gasteiger partial charge in [-0.3, -0.25) is 0 Å². The Morgan fingerprint density at radius 2 is 1.88 bits per heavy atom. The van der Waals surface area contributed by atoms with E-state index in [1.165, 1.54) is 6.42 Å². The van der Waals surface area contributed by atoms with Gasteiger partial charge in [-0.05, 0) is 30.9 Å². The van der Waals surface area contributed by atoms with Crippen molar-refractivity contribution in [3.05, 3.63) is 35.4 Å². The van der Waals surface area contributed by atoms with Crippen molar-refractivity contribution in [2.45, 2.75) is 45.2 Å². The maximum atomic E-state index is 14.9. The summed E-state index contributed by atoms with van der Waals surface area (Å²) < 4.78 is 14.9. The number of aryl methyl sites for hydroxylation is 1. The third-order valence-electron chi connectivity index (χ3n) is 4.26. The average molecular weight is 235 g/mol. The predicted octanol–water partition coefficient (Wildman–Crippen LogP) is 3.91. The highest BCUT2D eigenvalue weighted by Gasteiger charge is 2.40. The molecule has 1 unspecified atom stereocenters. The van der Waals surface area contributed by atoms with Gasteiger partial charge in [0.2, 0.25) is 0 Å². The third-order valence-corrected chi connectivity index (χ3v) is 4.26. The van der Waals surface area contributed by atoms with E-state index in [9.17, 15) is 4.39 Å². The van der Waals surface area contributed by atoms with Gasteiger partial charge in [0, 0.05) is 12.0 Å². The van der Waals surface area contributed by atoms with Gasteiger partial charge < -0.3 is 5.73 Å². The zero-order valence-corrected chi connectivity index (χ0v) is 10.6. The molecule has 0 spiro atoms. The quantitative estimate of drug-likeness (QED) is 0.844. The highest BCUT2D eigenvalue weighted by atomic mass is 19.1. The number of halogens is 1. The maximum absolute atomic E-state index is 14.9. The second-order valence-electron chi connectivity index (χ2n) is 5.35. The molecule has 17 heavy (non-hydrogen) atoms. The summed E-state index contributed by atoms with van der Waals surface area (Å²) in [5.74, 6) is 0. The molecule has 1 saturated carbocycles. The molecular formula is C15H22FN. The summed E-state index contributed by atoms with van der Waals surface area (Å²) in [5, 5.41) is 0. The van der Waals surface area contributed by atoms with Gasteiger partial charge >= 0.3 is 0 Å². The summed E-state index contributed by atoms with van der Waals surface area (Å²) in [6.45, 7) is 2.44. The molecule has 1 aromatic carbocycles. The Morgan fingerprint density at radius 1 is 1.24 bits per heavy atom. The van der Waals surface area contributed by atoms with E-state index >= 15 is 0 Å². The first kappa shape index (κ1) is 12.6. The molecule has 1 nitrogen and oxygen atoms in total. The lowest BCUT2D eigenvalue weighted by Crippen LogP contribution is -2.37. The van der Waals surface area contributed by atoms with E-state index in [1.807, 2.05) is 31.2 Å². The minimum atomic E-state index is -0.908. The number of hydrogen-bond acceptors (Lipinski definition) is 1. The number of alkyl halides is 1. The minimum Gasteiger partial charge on any atom is -0.330 e. The number of nitrogens with two attached hydrogens (primary N) is 1. The molecule has 1 aliphatic rings. The van der Waals surface area contributed by atoms with Crippen LogP contribution in [0.15, 0.2) is 24.3 Å². The first-order valence-corrected chi connectivity index (χ1v) is 6.59. The van der Waals surface area contributed by atoms with E-state index < -0.39 is 6.17 Å². The molecule has 0 saturated heterocycles. The lowest BCUT2D eigenvalue weighted by molar-refractivity contribution is 0.0673. The fourth-order valence-corrected chi connectivity index (χ4v) is 3.02. The Balaban J connectivity index is 2.28. The Labute approximate surface area is 103 Å². The van der Waals surface area contributed by atoms with Crippen LogP contribution in [0.5, 0.6) is 0 Å². The summed E-state index contributed by atoms with van der Waals surface area (Å²) in [5.41, 5.74) is 7.44. The van der Waals surface area contributed by atoms with Crippen molar-refractivity contribution in [3.8, 4) is 0 Å². The Bertz CT molecular complexity index is 369. The maximum Gasteiger partial charge on any atom is 0.132 e. The van der Waals surface area contributed by atoms with Gasteiger partial charge in [0.15, 0.2) is 0 Å². The van der Waals surface area contributed by atoms with Gasteiger partial charge in [-0.25, -0.2) is 4.39 Å². The van der Waals surface area contributed by atoms with Crippen LogP contribution in [0.2, 0.25) is 0 Å². The molecule has 2 rings (SSSR count). The van der Waals surface area contributed by atoms with E-state index in [0.29, 0.717) is 6.54 Å². The summed E-state index contributed by atoms with van der Waals surface area (Å²) in [6, 6.07) is 7.77. The van der Waals surface area contributed by atoms with Crippen molar-refractivity contribution in [1.82, 2.24) is 0 Å². The Morgan fingerprint density at radius 3 is 2.47 bits per heavy atom. The lowest BCUT2D eigenvalue weighted by atomic mass is 9.68. The van der Waals surface area contributed by atoms with Crippen LogP contribution >= 0.6 is 0 Å². The molecule has 1 fully saturated rings. The van der Waals surface area contributed by atoms with Crippen LogP contribution in [-0.2, 0) is 0 Å². The molecule has 1 aliphatic carbocycles. The van der Waals surface area contributed by atoms with Gasteiger partial charge in [-0.2, -0.15) is 0 Å². The van der Waals surface area contributed by atoms with Crippen LogP contribution in [0, 0.1) is 12.3 Å². The molecule has 0 aromatic heterocycles. The largest absolute Gasteiger partial charge is 0.330 e. The summed E-state index contributed by atoms with van der Waals surface area (Å²) in [6.07, 6.45) is 4.40. The average Bonchev–Trinajstić information content (AvgIpc) is 2.39. The van der Waals surface area contributed by atoms with Gasteiger partial charge in [-0.1, -0.05) is 43.5 Å². The summed E-state index contributed by atoms with van der Waals surface area (Å²) in [4.78, 5) is 0. The summed E-state index contributed by atoms with van der Waals surface area (Å²) >= 11 is 0. The zero-order valence-electron chi connectivity index (χ0n) is 10.6. The number of hydrogen-bond donors (Lipinski definition) is 1. The van der Waals surface area contributed by atoms with E-state index in [-0.39, 0.29) is 5.41 Å². The van der Waals surface area contributed by atoms with Crippen molar-refractivity contribution >= 4 is 0 Å². The highest BCUT2D eigenvalue weighted by molar-refractivity contribution is 5.29. The van der Waals surface area contributed by atoms with Gasteiger partial charge in [0.05, 0.1) is 0 Å². The van der Waals surface area contributed by atoms with E-state index in [1.54, 1.807) is 0 Å². The molecule has 0 aliphatic heterocycles. The van der Waals surface area contributed by atoms with Crippen LogP contribution in [0.4, 0.5) is 4.39 Å². The van der Waals surface area contributed by atoms with Gasteiger partial charge in [0.25, 0.3) is 0 Å². The first-order chi connectivity index (χ1) is 8.19. The van der Waals surface area contributed by atoms with Crippen LogP contribution in [-0.4, -0.2) is 6.54 Å². The van der Waals surface area contributed by atoms with Crippen molar-refractivity contribution in [2.24, 2.45) is 11.1 Å². The smallest absolute Gasteiger partial charge is 0.132 e. The van der Waals surface area contributed by atoms with E-state index in [4.69, 9.17) is 5.73 Å². The highest BCUT2D eigenvalue weighted by Crippen LogP contribution is 2.47. The standard InChI is InChI=1S/C15H22FN/c1-12-7-3-4-8-13(12)14(16)15(11-17)9-5-2-6-10-15/h3-4,7-8,14H,2,5-6,9-11,17H2,1H3. The fourth-order valence-electron chi connectivity index (χ4n) is 3.02. The first-order valence-electron chi connectivity index (χ1n) is 6.59. The molecule has 1 aromatic rings. The molecule has 0 heterocycles. The van der Waals surface area contributed by atoms with E-state index in [2.05, 4.69) is 0 Å². The van der Waals surface area contributed by atoms with Crippen molar-refractivity contribution in [2.75, 3.05) is 6.54 Å². The monoisotopic (exact) mass is 235 g/mol. The minimum absolute atomic E-state index is 0.315. The molecular weight excluding hydrogens is 213 g/mol. The van der Waals surface area contributed by atoms with Crippen LogP contribution in [0.25, 0.3) is 0 Å². The molecule has 0 bridgehead atoms. The van der Waals surface area contributed by atoms with Crippen LogP contribution < -0.4 is 5.73 Å². The normalized spacial score (nSPS) is 21.1. The predicted molar refractivity (Wildman–Crippen MR) is 69.6 cm³/mol. The second kappa shape index (κ2) is 5.18. The lowest BCUT2D eigenvalue weighted by Gasteiger charge is -2.39. The van der Waals surface area contributed by atoms with Crippen LogP contribution in [0.1, 0.15) is 49.4 Å². The second-order valence-corrected chi connectivity index (χ2v) is 5.35. The summed E-state index contributed by atoms with van der Waals surface area (Å²) in [7, 11) is 0. The number of rotatable bonds is 3. The van der Waals surface area contributed by atoms with Crippen molar-refractivity contribution in [1.29, 1.82) is 0 Å². The number of benzene rings is 1. The van der Waals surface area contributed by atoms with Crippen LogP contribution in [0.3, 0.4) is 0 Å². The third kappa shape index (κ3) is 2.37. The zero-order chi connectivity index (χ0) is 12.3. The van der Waals surface area contributed by atoms with E-state index in [0.717, 1.165) is 36.8 Å². The van der Waals surface area contributed by atoms with Gasteiger partial charge in [0.1, 0.15) is 6.17 Å². The Hall–Kier alpha value is -0.890. The molecule has 2 N–H and O–H groups in total. The van der Waals surface area contributed by atoms with Gasteiger partial charge in [-0.15, -0.1) is 0 Å².